The highest BCUT2D eigenvalue weighted by Gasteiger charge is 2.20. The molecule has 3 rings (SSSR count). The third-order valence-electron chi connectivity index (χ3n) is 3.85. The van der Waals surface area contributed by atoms with Gasteiger partial charge in [0.25, 0.3) is 5.56 Å². The first-order valence-electron chi connectivity index (χ1n) is 7.38. The van der Waals surface area contributed by atoms with E-state index in [4.69, 9.17) is 0 Å². The Bertz CT molecular complexity index is 713. The summed E-state index contributed by atoms with van der Waals surface area (Å²) in [5, 5.41) is 4.08. The first-order chi connectivity index (χ1) is 10.5. The Morgan fingerprint density at radius 1 is 0.955 bits per heavy atom. The zero-order valence-electron chi connectivity index (χ0n) is 13.2. The van der Waals surface area contributed by atoms with Crippen molar-refractivity contribution in [3.63, 3.8) is 0 Å². The van der Waals surface area contributed by atoms with E-state index in [0.29, 0.717) is 0 Å². The van der Waals surface area contributed by atoms with E-state index >= 15 is 0 Å². The van der Waals surface area contributed by atoms with Crippen LogP contribution in [-0.2, 0) is 7.05 Å². The largest absolute Gasteiger partial charge is 0.367 e. The molecule has 0 atom stereocenters. The van der Waals surface area contributed by atoms with Crippen molar-refractivity contribution in [3.05, 3.63) is 40.1 Å². The van der Waals surface area contributed by atoms with E-state index in [1.165, 1.54) is 4.68 Å². The summed E-state index contributed by atoms with van der Waals surface area (Å²) in [5.41, 5.74) is 2.77. The quantitative estimate of drug-likeness (QED) is 0.805. The van der Waals surface area contributed by atoms with Crippen molar-refractivity contribution in [2.75, 3.05) is 36.0 Å². The van der Waals surface area contributed by atoms with Gasteiger partial charge in [-0.05, 0) is 19.9 Å². The average Bonchev–Trinajstić information content (AvgIpc) is 2.49. The maximum Gasteiger partial charge on any atom is 0.268 e. The van der Waals surface area contributed by atoms with Gasteiger partial charge in [-0.15, -0.1) is 0 Å². The highest BCUT2D eigenvalue weighted by atomic mass is 16.1. The van der Waals surface area contributed by atoms with Gasteiger partial charge >= 0.3 is 0 Å². The molecular formula is C15H20N6O. The minimum Gasteiger partial charge on any atom is -0.367 e. The van der Waals surface area contributed by atoms with E-state index in [0.717, 1.165) is 49.2 Å². The molecule has 1 saturated heterocycles. The lowest BCUT2D eigenvalue weighted by molar-refractivity contribution is 0.630. The van der Waals surface area contributed by atoms with Crippen molar-refractivity contribution in [2.24, 2.45) is 7.05 Å². The Kier molecular flexibility index (Phi) is 3.79. The molecule has 2 aromatic heterocycles. The topological polar surface area (TPSA) is 67.2 Å². The minimum atomic E-state index is -0.0856. The van der Waals surface area contributed by atoms with Gasteiger partial charge in [-0.2, -0.15) is 5.10 Å². The van der Waals surface area contributed by atoms with E-state index in [1.807, 2.05) is 19.9 Å². The summed E-state index contributed by atoms with van der Waals surface area (Å²) in [5.74, 6) is 0.791. The fraction of sp³-hybridized carbons (Fsp3) is 0.467. The van der Waals surface area contributed by atoms with Gasteiger partial charge in [0.05, 0.1) is 11.9 Å². The molecule has 1 fully saturated rings. The molecule has 22 heavy (non-hydrogen) atoms. The third-order valence-corrected chi connectivity index (χ3v) is 3.85. The Balaban J connectivity index is 1.72. The highest BCUT2D eigenvalue weighted by Crippen LogP contribution is 2.16. The van der Waals surface area contributed by atoms with Crippen LogP contribution < -0.4 is 15.4 Å². The van der Waals surface area contributed by atoms with Crippen LogP contribution in [0.25, 0.3) is 0 Å². The summed E-state index contributed by atoms with van der Waals surface area (Å²) < 4.78 is 1.34. The molecule has 3 heterocycles. The summed E-state index contributed by atoms with van der Waals surface area (Å²) in [6.07, 6.45) is 1.74. The fourth-order valence-corrected chi connectivity index (χ4v) is 2.65. The lowest BCUT2D eigenvalue weighted by Gasteiger charge is -2.36. The van der Waals surface area contributed by atoms with Crippen LogP contribution in [0.2, 0.25) is 0 Å². The number of hydrogen-bond acceptors (Lipinski definition) is 6. The molecule has 0 spiro atoms. The number of aryl methyl sites for hydroxylation is 3. The molecule has 116 valence electrons. The second-order valence-electron chi connectivity index (χ2n) is 5.60. The van der Waals surface area contributed by atoms with Crippen LogP contribution in [0.4, 0.5) is 11.6 Å². The number of rotatable bonds is 2. The molecule has 0 aliphatic carbocycles. The lowest BCUT2D eigenvalue weighted by Crippen LogP contribution is -2.47. The van der Waals surface area contributed by atoms with E-state index in [-0.39, 0.29) is 5.56 Å². The van der Waals surface area contributed by atoms with Crippen molar-refractivity contribution in [1.82, 2.24) is 19.7 Å². The van der Waals surface area contributed by atoms with E-state index in [9.17, 15) is 4.79 Å². The van der Waals surface area contributed by atoms with Gasteiger partial charge in [-0.1, -0.05) is 0 Å². The first-order valence-corrected chi connectivity index (χ1v) is 7.38. The number of anilines is 2. The predicted octanol–water partition coefficient (Wildman–Crippen LogP) is 0.514. The number of nitrogens with zero attached hydrogens (tertiary/aromatic N) is 6. The predicted molar refractivity (Wildman–Crippen MR) is 85.4 cm³/mol. The van der Waals surface area contributed by atoms with Gasteiger partial charge in [-0.25, -0.2) is 14.6 Å². The molecule has 0 radical (unpaired) electrons. The standard InChI is InChI=1S/C15H20N6O/c1-11-8-12(2)18-15(17-11)21-6-4-20(5-7-21)13-9-14(22)19(3)16-10-13/h8-10H,4-7H2,1-3H3. The van der Waals surface area contributed by atoms with Crippen LogP contribution in [0.5, 0.6) is 0 Å². The van der Waals surface area contributed by atoms with Gasteiger partial charge in [0.1, 0.15) is 0 Å². The molecule has 0 unspecified atom stereocenters. The van der Waals surface area contributed by atoms with Crippen LogP contribution in [0.3, 0.4) is 0 Å². The smallest absolute Gasteiger partial charge is 0.268 e. The number of aromatic nitrogens is 4. The molecule has 2 aromatic rings. The van der Waals surface area contributed by atoms with Gasteiger partial charge in [0.15, 0.2) is 0 Å². The zero-order valence-corrected chi connectivity index (χ0v) is 13.2. The Morgan fingerprint density at radius 2 is 1.55 bits per heavy atom. The molecule has 7 nitrogen and oxygen atoms in total. The molecule has 0 aromatic carbocycles. The molecule has 0 bridgehead atoms. The van der Waals surface area contributed by atoms with Crippen molar-refractivity contribution >= 4 is 11.6 Å². The summed E-state index contributed by atoms with van der Waals surface area (Å²) in [7, 11) is 1.65. The highest BCUT2D eigenvalue weighted by molar-refractivity contribution is 5.46. The summed E-state index contributed by atoms with van der Waals surface area (Å²) in [6.45, 7) is 7.28. The van der Waals surface area contributed by atoms with Crippen molar-refractivity contribution in [3.8, 4) is 0 Å². The molecule has 0 saturated carbocycles. The second kappa shape index (κ2) is 5.75. The molecule has 7 heteroatoms. The first kappa shape index (κ1) is 14.5. The van der Waals surface area contributed by atoms with Crippen LogP contribution in [-0.4, -0.2) is 45.9 Å². The summed E-state index contributed by atoms with van der Waals surface area (Å²) in [4.78, 5) is 25.1. The molecular weight excluding hydrogens is 280 g/mol. The van der Waals surface area contributed by atoms with Crippen LogP contribution in [0, 0.1) is 13.8 Å². The van der Waals surface area contributed by atoms with Gasteiger partial charge in [0.2, 0.25) is 5.95 Å². The maximum absolute atomic E-state index is 11.7. The van der Waals surface area contributed by atoms with Gasteiger partial charge in [-0.3, -0.25) is 4.79 Å². The summed E-state index contributed by atoms with van der Waals surface area (Å²) >= 11 is 0. The monoisotopic (exact) mass is 300 g/mol. The lowest BCUT2D eigenvalue weighted by atomic mass is 10.3. The van der Waals surface area contributed by atoms with Crippen molar-refractivity contribution in [2.45, 2.75) is 13.8 Å². The van der Waals surface area contributed by atoms with Gasteiger partial charge in [0, 0.05) is 50.7 Å². The van der Waals surface area contributed by atoms with Crippen LogP contribution in [0.1, 0.15) is 11.4 Å². The Morgan fingerprint density at radius 3 is 2.14 bits per heavy atom. The molecule has 0 N–H and O–H groups in total. The summed E-state index contributed by atoms with van der Waals surface area (Å²) in [6, 6.07) is 3.61. The second-order valence-corrected chi connectivity index (χ2v) is 5.60. The third kappa shape index (κ3) is 2.93. The Hall–Kier alpha value is -2.44. The van der Waals surface area contributed by atoms with Crippen molar-refractivity contribution < 1.29 is 0 Å². The molecule has 1 aliphatic rings. The van der Waals surface area contributed by atoms with Gasteiger partial charge < -0.3 is 9.80 Å². The normalized spacial score (nSPS) is 15.2. The van der Waals surface area contributed by atoms with E-state index in [1.54, 1.807) is 19.3 Å². The average molecular weight is 300 g/mol. The Labute approximate surface area is 129 Å². The van der Waals surface area contributed by atoms with Crippen LogP contribution >= 0.6 is 0 Å². The van der Waals surface area contributed by atoms with Crippen LogP contribution in [0.15, 0.2) is 23.1 Å². The number of hydrogen-bond donors (Lipinski definition) is 0. The SMILES string of the molecule is Cc1cc(C)nc(N2CCN(c3cnn(C)c(=O)c3)CC2)n1. The van der Waals surface area contributed by atoms with E-state index in [2.05, 4.69) is 24.9 Å². The number of piperazine rings is 1. The minimum absolute atomic E-state index is 0.0856. The van der Waals surface area contributed by atoms with Crippen molar-refractivity contribution in [1.29, 1.82) is 0 Å². The maximum atomic E-state index is 11.7. The molecule has 0 amide bonds. The zero-order chi connectivity index (χ0) is 15.7. The van der Waals surface area contributed by atoms with E-state index < -0.39 is 0 Å². The molecule has 1 aliphatic heterocycles. The fourth-order valence-electron chi connectivity index (χ4n) is 2.65.